The molecule has 1 aromatic heterocycles. The Morgan fingerprint density at radius 3 is 2.24 bits per heavy atom. The van der Waals surface area contributed by atoms with E-state index in [-0.39, 0.29) is 17.3 Å². The van der Waals surface area contributed by atoms with Gasteiger partial charge in [-0.15, -0.1) is 0 Å². The minimum Gasteiger partial charge on any atom is -0.393 e. The zero-order valence-electron chi connectivity index (χ0n) is 11.7. The summed E-state index contributed by atoms with van der Waals surface area (Å²) < 4.78 is 5.27. The van der Waals surface area contributed by atoms with E-state index in [9.17, 15) is 5.11 Å². The molecule has 4 nitrogen and oxygen atoms in total. The number of aliphatic hydroxyl groups is 1. The van der Waals surface area contributed by atoms with Gasteiger partial charge in [0.25, 0.3) is 0 Å². The third-order valence-corrected chi connectivity index (χ3v) is 2.70. The van der Waals surface area contributed by atoms with Gasteiger partial charge in [0, 0.05) is 6.42 Å². The average molecular weight is 240 g/mol. The Morgan fingerprint density at radius 1 is 1.24 bits per heavy atom. The quantitative estimate of drug-likeness (QED) is 0.879. The minimum atomic E-state index is -0.474. The summed E-state index contributed by atoms with van der Waals surface area (Å²) in [6.45, 7) is 12.3. The molecule has 2 unspecified atom stereocenters. The first-order valence-electron chi connectivity index (χ1n) is 6.21. The second-order valence-electron chi connectivity index (χ2n) is 6.30. The van der Waals surface area contributed by atoms with Crippen molar-refractivity contribution in [2.45, 2.75) is 60.0 Å². The van der Waals surface area contributed by atoms with Crippen LogP contribution in [0.2, 0.25) is 0 Å². The van der Waals surface area contributed by atoms with E-state index >= 15 is 0 Å². The monoisotopic (exact) mass is 240 g/mol. The predicted molar refractivity (Wildman–Crippen MR) is 66.7 cm³/mol. The molecule has 98 valence electrons. The van der Waals surface area contributed by atoms with Crippen molar-refractivity contribution in [1.29, 1.82) is 0 Å². The van der Waals surface area contributed by atoms with Crippen molar-refractivity contribution >= 4 is 0 Å². The Bertz CT molecular complexity index is 343. The summed E-state index contributed by atoms with van der Waals surface area (Å²) in [5, 5.41) is 13.7. The number of aromatic nitrogens is 2. The van der Waals surface area contributed by atoms with Gasteiger partial charge in [-0.3, -0.25) is 0 Å². The first-order chi connectivity index (χ1) is 7.70. The van der Waals surface area contributed by atoms with Crippen molar-refractivity contribution in [3.63, 3.8) is 0 Å². The van der Waals surface area contributed by atoms with Gasteiger partial charge in [0.2, 0.25) is 5.89 Å². The van der Waals surface area contributed by atoms with E-state index in [1.807, 2.05) is 13.8 Å². The lowest BCUT2D eigenvalue weighted by atomic mass is 9.90. The van der Waals surface area contributed by atoms with Crippen LogP contribution in [0.1, 0.15) is 59.2 Å². The van der Waals surface area contributed by atoms with Crippen molar-refractivity contribution in [2.75, 3.05) is 0 Å². The highest BCUT2D eigenvalue weighted by Crippen LogP contribution is 2.27. The lowest BCUT2D eigenvalue weighted by Gasteiger charge is -2.19. The van der Waals surface area contributed by atoms with E-state index < -0.39 is 6.10 Å². The first-order valence-corrected chi connectivity index (χ1v) is 6.21. The highest BCUT2D eigenvalue weighted by molar-refractivity contribution is 4.99. The van der Waals surface area contributed by atoms with Gasteiger partial charge < -0.3 is 9.63 Å². The number of rotatable bonds is 4. The normalized spacial score (nSPS) is 16.2. The average Bonchev–Trinajstić information content (AvgIpc) is 2.47. The largest absolute Gasteiger partial charge is 0.393 e. The molecule has 1 rings (SSSR count). The Balaban J connectivity index is 2.86. The van der Waals surface area contributed by atoms with Gasteiger partial charge in [-0.25, -0.2) is 0 Å². The van der Waals surface area contributed by atoms with Gasteiger partial charge in [0.15, 0.2) is 5.82 Å². The lowest BCUT2D eigenvalue weighted by molar-refractivity contribution is 0.120. The predicted octanol–water partition coefficient (Wildman–Crippen LogP) is 2.78. The molecule has 0 aliphatic heterocycles. The SMILES string of the molecule is CC(C)C(c1nc(CC(C)(C)C)no1)C(C)O. The summed E-state index contributed by atoms with van der Waals surface area (Å²) in [7, 11) is 0. The number of hydrogen-bond donors (Lipinski definition) is 1. The molecule has 0 bridgehead atoms. The summed E-state index contributed by atoms with van der Waals surface area (Å²) in [4.78, 5) is 4.40. The zero-order chi connectivity index (χ0) is 13.2. The van der Waals surface area contributed by atoms with Crippen LogP contribution in [0.5, 0.6) is 0 Å². The van der Waals surface area contributed by atoms with Crippen molar-refractivity contribution in [3.05, 3.63) is 11.7 Å². The lowest BCUT2D eigenvalue weighted by Crippen LogP contribution is -2.20. The summed E-state index contributed by atoms with van der Waals surface area (Å²) >= 11 is 0. The molecular formula is C13H24N2O2. The Morgan fingerprint density at radius 2 is 1.82 bits per heavy atom. The van der Waals surface area contributed by atoms with Gasteiger partial charge in [0.1, 0.15) is 0 Å². The van der Waals surface area contributed by atoms with E-state index in [0.29, 0.717) is 5.89 Å². The molecule has 1 heterocycles. The minimum absolute atomic E-state index is 0.0868. The van der Waals surface area contributed by atoms with Gasteiger partial charge >= 0.3 is 0 Å². The Kier molecular flexibility index (Phi) is 4.31. The first kappa shape index (κ1) is 14.2. The van der Waals surface area contributed by atoms with Crippen LogP contribution in [0.4, 0.5) is 0 Å². The van der Waals surface area contributed by atoms with Crippen molar-refractivity contribution in [3.8, 4) is 0 Å². The maximum absolute atomic E-state index is 9.75. The molecule has 1 N–H and O–H groups in total. The van der Waals surface area contributed by atoms with E-state index in [1.165, 1.54) is 0 Å². The fourth-order valence-electron chi connectivity index (χ4n) is 2.00. The van der Waals surface area contributed by atoms with E-state index in [1.54, 1.807) is 6.92 Å². The van der Waals surface area contributed by atoms with Crippen LogP contribution in [0.25, 0.3) is 0 Å². The standard InChI is InChI=1S/C13H24N2O2/c1-8(2)11(9(3)16)12-14-10(15-17-12)7-13(4,5)6/h8-9,11,16H,7H2,1-6H3. The van der Waals surface area contributed by atoms with E-state index in [2.05, 4.69) is 30.9 Å². The topological polar surface area (TPSA) is 59.2 Å². The fourth-order valence-corrected chi connectivity index (χ4v) is 2.00. The van der Waals surface area contributed by atoms with Gasteiger partial charge in [0.05, 0.1) is 12.0 Å². The molecule has 17 heavy (non-hydrogen) atoms. The smallest absolute Gasteiger partial charge is 0.232 e. The number of aliphatic hydroxyl groups excluding tert-OH is 1. The van der Waals surface area contributed by atoms with Crippen LogP contribution in [0, 0.1) is 11.3 Å². The second kappa shape index (κ2) is 5.17. The van der Waals surface area contributed by atoms with E-state index in [4.69, 9.17) is 4.52 Å². The van der Waals surface area contributed by atoms with Crippen LogP contribution < -0.4 is 0 Å². The molecule has 0 aromatic carbocycles. The maximum Gasteiger partial charge on any atom is 0.232 e. The van der Waals surface area contributed by atoms with Crippen molar-refractivity contribution in [1.82, 2.24) is 10.1 Å². The summed E-state index contributed by atoms with van der Waals surface area (Å²) in [6.07, 6.45) is 0.305. The van der Waals surface area contributed by atoms with E-state index in [0.717, 1.165) is 12.2 Å². The third kappa shape index (κ3) is 4.11. The molecule has 2 atom stereocenters. The van der Waals surface area contributed by atoms with Gasteiger partial charge in [-0.2, -0.15) is 4.98 Å². The van der Waals surface area contributed by atoms with Gasteiger partial charge in [-0.1, -0.05) is 39.8 Å². The highest BCUT2D eigenvalue weighted by atomic mass is 16.5. The Labute approximate surface area is 103 Å². The van der Waals surface area contributed by atoms with Crippen molar-refractivity contribution in [2.24, 2.45) is 11.3 Å². The molecule has 0 saturated heterocycles. The molecule has 0 fully saturated rings. The molecular weight excluding hydrogens is 216 g/mol. The summed E-state index contributed by atoms with van der Waals surface area (Å²) in [5.41, 5.74) is 0.138. The third-order valence-electron chi connectivity index (χ3n) is 2.70. The summed E-state index contributed by atoms with van der Waals surface area (Å²) in [6, 6.07) is 0. The zero-order valence-corrected chi connectivity index (χ0v) is 11.7. The molecule has 0 aliphatic rings. The van der Waals surface area contributed by atoms with Crippen LogP contribution in [-0.2, 0) is 6.42 Å². The summed E-state index contributed by atoms with van der Waals surface area (Å²) in [5.74, 6) is 1.46. The molecule has 4 heteroatoms. The van der Waals surface area contributed by atoms with Crippen LogP contribution in [0.15, 0.2) is 4.52 Å². The van der Waals surface area contributed by atoms with Crippen LogP contribution in [-0.4, -0.2) is 21.4 Å². The number of nitrogens with zero attached hydrogens (tertiary/aromatic N) is 2. The van der Waals surface area contributed by atoms with Crippen LogP contribution >= 0.6 is 0 Å². The molecule has 0 saturated carbocycles. The molecule has 0 radical (unpaired) electrons. The Hall–Kier alpha value is -0.900. The molecule has 0 aliphatic carbocycles. The molecule has 0 amide bonds. The molecule has 0 spiro atoms. The van der Waals surface area contributed by atoms with Crippen LogP contribution in [0.3, 0.4) is 0 Å². The van der Waals surface area contributed by atoms with Crippen molar-refractivity contribution < 1.29 is 9.63 Å². The highest BCUT2D eigenvalue weighted by Gasteiger charge is 2.27. The second-order valence-corrected chi connectivity index (χ2v) is 6.30. The fraction of sp³-hybridized carbons (Fsp3) is 0.846. The maximum atomic E-state index is 9.75. The number of hydrogen-bond acceptors (Lipinski definition) is 4. The van der Waals surface area contributed by atoms with Gasteiger partial charge in [-0.05, 0) is 18.3 Å². The molecule has 1 aromatic rings.